The molecule has 4 nitrogen and oxygen atoms in total. The van der Waals surface area contributed by atoms with Crippen molar-refractivity contribution < 1.29 is 18.9 Å². The molecule has 0 aromatic heterocycles. The van der Waals surface area contributed by atoms with Gasteiger partial charge in [-0.3, -0.25) is 0 Å². The van der Waals surface area contributed by atoms with Gasteiger partial charge in [0.05, 0.1) is 26.9 Å². The van der Waals surface area contributed by atoms with E-state index in [1.165, 1.54) is 0 Å². The third kappa shape index (κ3) is 2.35. The summed E-state index contributed by atoms with van der Waals surface area (Å²) < 4.78 is 21.3. The van der Waals surface area contributed by atoms with Crippen LogP contribution in [0.2, 0.25) is 0 Å². The second-order valence-electron chi connectivity index (χ2n) is 3.58. The van der Waals surface area contributed by atoms with Crippen molar-refractivity contribution in [3.8, 4) is 5.75 Å². The van der Waals surface area contributed by atoms with E-state index in [9.17, 15) is 0 Å². The Morgan fingerprint density at radius 2 is 2.00 bits per heavy atom. The Bertz CT molecular complexity index is 345. The molecular weight excluding hydrogens is 208 g/mol. The van der Waals surface area contributed by atoms with Gasteiger partial charge in [0.1, 0.15) is 5.75 Å². The highest BCUT2D eigenvalue weighted by Crippen LogP contribution is 2.31. The van der Waals surface area contributed by atoms with Crippen LogP contribution in [-0.2, 0) is 20.8 Å². The summed E-state index contributed by atoms with van der Waals surface area (Å²) in [6, 6.07) is 5.90. The molecule has 0 saturated carbocycles. The Hall–Kier alpha value is -1.10. The van der Waals surface area contributed by atoms with Gasteiger partial charge in [0.15, 0.2) is 6.29 Å². The third-order valence-electron chi connectivity index (χ3n) is 2.48. The molecule has 0 radical (unpaired) electrons. The molecule has 1 aliphatic heterocycles. The van der Waals surface area contributed by atoms with Gasteiger partial charge in [0.2, 0.25) is 0 Å². The van der Waals surface area contributed by atoms with Crippen LogP contribution in [0.4, 0.5) is 0 Å². The first-order valence-electron chi connectivity index (χ1n) is 5.24. The zero-order valence-corrected chi connectivity index (χ0v) is 9.56. The lowest BCUT2D eigenvalue weighted by atomic mass is 10.1. The molecule has 4 heteroatoms. The van der Waals surface area contributed by atoms with Crippen molar-refractivity contribution in [1.29, 1.82) is 0 Å². The monoisotopic (exact) mass is 224 g/mol. The van der Waals surface area contributed by atoms with E-state index >= 15 is 0 Å². The van der Waals surface area contributed by atoms with Crippen molar-refractivity contribution in [3.05, 3.63) is 29.3 Å². The Labute approximate surface area is 95.1 Å². The Kier molecular flexibility index (Phi) is 3.77. The maximum Gasteiger partial charge on any atom is 0.187 e. The van der Waals surface area contributed by atoms with Crippen molar-refractivity contribution in [1.82, 2.24) is 0 Å². The quantitative estimate of drug-likeness (QED) is 0.782. The summed E-state index contributed by atoms with van der Waals surface area (Å²) in [5.74, 6) is 0.779. The van der Waals surface area contributed by atoms with Crippen LogP contribution >= 0.6 is 0 Å². The smallest absolute Gasteiger partial charge is 0.187 e. The minimum Gasteiger partial charge on any atom is -0.496 e. The lowest BCUT2D eigenvalue weighted by Gasteiger charge is -2.14. The fourth-order valence-electron chi connectivity index (χ4n) is 1.74. The molecule has 0 unspecified atom stereocenters. The average molecular weight is 224 g/mol. The minimum absolute atomic E-state index is 0.299. The molecule has 1 aromatic carbocycles. The number of ether oxygens (including phenoxy) is 4. The maximum atomic E-state index is 5.45. The molecule has 16 heavy (non-hydrogen) atoms. The Morgan fingerprint density at radius 3 is 2.62 bits per heavy atom. The number of hydrogen-bond donors (Lipinski definition) is 0. The summed E-state index contributed by atoms with van der Waals surface area (Å²) in [7, 11) is 3.31. The summed E-state index contributed by atoms with van der Waals surface area (Å²) >= 11 is 0. The van der Waals surface area contributed by atoms with Gasteiger partial charge < -0.3 is 18.9 Å². The van der Waals surface area contributed by atoms with E-state index in [0.29, 0.717) is 19.8 Å². The molecule has 0 atom stereocenters. The second kappa shape index (κ2) is 5.30. The fraction of sp³-hybridized carbons (Fsp3) is 0.500. The first kappa shape index (κ1) is 11.4. The molecule has 2 rings (SSSR count). The molecule has 0 bridgehead atoms. The number of rotatable bonds is 4. The molecule has 0 amide bonds. The van der Waals surface area contributed by atoms with Crippen LogP contribution in [0.1, 0.15) is 17.4 Å². The van der Waals surface area contributed by atoms with Crippen LogP contribution in [-0.4, -0.2) is 27.4 Å². The molecule has 0 spiro atoms. The zero-order valence-electron chi connectivity index (χ0n) is 9.56. The van der Waals surface area contributed by atoms with E-state index in [0.717, 1.165) is 16.9 Å². The van der Waals surface area contributed by atoms with E-state index in [1.807, 2.05) is 18.2 Å². The van der Waals surface area contributed by atoms with Crippen molar-refractivity contribution in [2.75, 3.05) is 27.4 Å². The van der Waals surface area contributed by atoms with Crippen molar-refractivity contribution in [2.24, 2.45) is 0 Å². The van der Waals surface area contributed by atoms with Crippen LogP contribution in [0.25, 0.3) is 0 Å². The summed E-state index contributed by atoms with van der Waals surface area (Å²) in [6.45, 7) is 1.84. The predicted octanol–water partition coefficient (Wildman–Crippen LogP) is 1.89. The largest absolute Gasteiger partial charge is 0.496 e. The van der Waals surface area contributed by atoms with E-state index in [-0.39, 0.29) is 6.29 Å². The average Bonchev–Trinajstić information content (AvgIpc) is 2.83. The second-order valence-corrected chi connectivity index (χ2v) is 3.58. The number of methoxy groups -OCH3 is 2. The Balaban J connectivity index is 2.23. The third-order valence-corrected chi connectivity index (χ3v) is 2.48. The molecule has 1 aromatic rings. The topological polar surface area (TPSA) is 36.9 Å². The lowest BCUT2D eigenvalue weighted by Crippen LogP contribution is -2.02. The lowest BCUT2D eigenvalue weighted by molar-refractivity contribution is -0.0455. The minimum atomic E-state index is -0.299. The molecule has 88 valence electrons. The molecule has 1 heterocycles. The van der Waals surface area contributed by atoms with Gasteiger partial charge in [0, 0.05) is 12.7 Å². The number of benzene rings is 1. The first-order chi connectivity index (χ1) is 7.85. The summed E-state index contributed by atoms with van der Waals surface area (Å²) in [4.78, 5) is 0. The molecule has 1 aliphatic rings. The maximum absolute atomic E-state index is 5.45. The fourth-order valence-corrected chi connectivity index (χ4v) is 1.74. The van der Waals surface area contributed by atoms with E-state index in [1.54, 1.807) is 14.2 Å². The van der Waals surface area contributed by atoms with Crippen molar-refractivity contribution >= 4 is 0 Å². The van der Waals surface area contributed by atoms with Gasteiger partial charge in [-0.1, -0.05) is 6.07 Å². The Morgan fingerprint density at radius 1 is 1.25 bits per heavy atom. The van der Waals surface area contributed by atoms with Gasteiger partial charge in [-0.05, 0) is 17.7 Å². The SMILES string of the molecule is COCc1ccc(C2OCCO2)c(OC)c1. The van der Waals surface area contributed by atoms with Crippen LogP contribution in [0.5, 0.6) is 5.75 Å². The normalized spacial score (nSPS) is 16.6. The molecule has 1 saturated heterocycles. The van der Waals surface area contributed by atoms with Crippen molar-refractivity contribution in [3.63, 3.8) is 0 Å². The van der Waals surface area contributed by atoms with E-state index in [2.05, 4.69) is 0 Å². The summed E-state index contributed by atoms with van der Waals surface area (Å²) in [5.41, 5.74) is 2.00. The highest BCUT2D eigenvalue weighted by atomic mass is 16.7. The van der Waals surface area contributed by atoms with Gasteiger partial charge in [-0.2, -0.15) is 0 Å². The zero-order chi connectivity index (χ0) is 11.4. The van der Waals surface area contributed by atoms with Crippen LogP contribution < -0.4 is 4.74 Å². The van der Waals surface area contributed by atoms with Gasteiger partial charge in [0.25, 0.3) is 0 Å². The predicted molar refractivity (Wildman–Crippen MR) is 58.4 cm³/mol. The van der Waals surface area contributed by atoms with Gasteiger partial charge in [-0.25, -0.2) is 0 Å². The number of hydrogen-bond acceptors (Lipinski definition) is 4. The van der Waals surface area contributed by atoms with Crippen LogP contribution in [0.15, 0.2) is 18.2 Å². The molecular formula is C12H16O4. The van der Waals surface area contributed by atoms with Gasteiger partial charge in [-0.15, -0.1) is 0 Å². The molecule has 0 aliphatic carbocycles. The van der Waals surface area contributed by atoms with Crippen LogP contribution in [0, 0.1) is 0 Å². The van der Waals surface area contributed by atoms with Crippen molar-refractivity contribution in [2.45, 2.75) is 12.9 Å². The molecule has 0 N–H and O–H groups in total. The molecule has 1 fully saturated rings. The first-order valence-corrected chi connectivity index (χ1v) is 5.24. The standard InChI is InChI=1S/C12H16O4/c1-13-8-9-3-4-10(11(7-9)14-2)12-15-5-6-16-12/h3-4,7,12H,5-6,8H2,1-2H3. The van der Waals surface area contributed by atoms with E-state index < -0.39 is 0 Å². The highest BCUT2D eigenvalue weighted by Gasteiger charge is 2.22. The summed E-state index contributed by atoms with van der Waals surface area (Å²) in [6.07, 6.45) is -0.299. The van der Waals surface area contributed by atoms with Crippen LogP contribution in [0.3, 0.4) is 0 Å². The van der Waals surface area contributed by atoms with Gasteiger partial charge >= 0.3 is 0 Å². The summed E-state index contributed by atoms with van der Waals surface area (Å²) in [5, 5.41) is 0. The van der Waals surface area contributed by atoms with E-state index in [4.69, 9.17) is 18.9 Å². The highest BCUT2D eigenvalue weighted by molar-refractivity contribution is 5.38.